The van der Waals surface area contributed by atoms with Crippen LogP contribution in [0.15, 0.2) is 18.2 Å². The van der Waals surface area contributed by atoms with Crippen LogP contribution in [0.2, 0.25) is 0 Å². The van der Waals surface area contributed by atoms with Crippen LogP contribution in [-0.2, 0) is 0 Å². The highest BCUT2D eigenvalue weighted by atomic mass is 16.6. The molecule has 0 aliphatic heterocycles. The minimum Gasteiger partial charge on any atom is -0.377 e. The summed E-state index contributed by atoms with van der Waals surface area (Å²) in [7, 11) is 0. The van der Waals surface area contributed by atoms with Crippen molar-refractivity contribution < 1.29 is 9.72 Å². The van der Waals surface area contributed by atoms with Crippen molar-refractivity contribution in [2.24, 2.45) is 5.73 Å². The van der Waals surface area contributed by atoms with Gasteiger partial charge in [0.1, 0.15) is 5.69 Å². The predicted molar refractivity (Wildman–Crippen MR) is 60.4 cm³/mol. The van der Waals surface area contributed by atoms with Gasteiger partial charge in [0, 0.05) is 17.7 Å². The summed E-state index contributed by atoms with van der Waals surface area (Å²) in [5, 5.41) is 13.7. The Morgan fingerprint density at radius 2 is 2.12 bits per heavy atom. The summed E-state index contributed by atoms with van der Waals surface area (Å²) < 4.78 is 0. The van der Waals surface area contributed by atoms with Crippen LogP contribution in [0.5, 0.6) is 0 Å². The lowest BCUT2D eigenvalue weighted by atomic mass is 10.1. The molecule has 0 atom stereocenters. The molecule has 6 heteroatoms. The largest absolute Gasteiger partial charge is 0.377 e. The fraction of sp³-hybridized carbons (Fsp3) is 0.300. The van der Waals surface area contributed by atoms with Gasteiger partial charge in [-0.2, -0.15) is 0 Å². The predicted octanol–water partition coefficient (Wildman–Crippen LogP) is 1.51. The fourth-order valence-electron chi connectivity index (χ4n) is 1.27. The zero-order valence-electron chi connectivity index (χ0n) is 9.06. The smallest absolute Gasteiger partial charge is 0.293 e. The first-order valence-electron chi connectivity index (χ1n) is 4.76. The van der Waals surface area contributed by atoms with Crippen LogP contribution in [-0.4, -0.2) is 16.9 Å². The number of benzene rings is 1. The van der Waals surface area contributed by atoms with E-state index >= 15 is 0 Å². The number of hydrogen-bond acceptors (Lipinski definition) is 4. The highest BCUT2D eigenvalue weighted by Crippen LogP contribution is 2.25. The van der Waals surface area contributed by atoms with Crippen LogP contribution >= 0.6 is 0 Å². The second-order valence-corrected chi connectivity index (χ2v) is 3.65. The molecule has 0 fully saturated rings. The van der Waals surface area contributed by atoms with Gasteiger partial charge in [-0.25, -0.2) is 0 Å². The van der Waals surface area contributed by atoms with E-state index in [-0.39, 0.29) is 17.3 Å². The lowest BCUT2D eigenvalue weighted by Crippen LogP contribution is -2.14. The molecule has 16 heavy (non-hydrogen) atoms. The van der Waals surface area contributed by atoms with Crippen molar-refractivity contribution >= 4 is 17.3 Å². The van der Waals surface area contributed by atoms with E-state index in [4.69, 9.17) is 5.73 Å². The molecule has 1 aromatic carbocycles. The van der Waals surface area contributed by atoms with Crippen LogP contribution < -0.4 is 11.1 Å². The zero-order chi connectivity index (χ0) is 12.3. The van der Waals surface area contributed by atoms with Gasteiger partial charge < -0.3 is 11.1 Å². The summed E-state index contributed by atoms with van der Waals surface area (Å²) in [5.41, 5.74) is 5.41. The molecular formula is C10H13N3O3. The van der Waals surface area contributed by atoms with E-state index in [2.05, 4.69) is 5.32 Å². The van der Waals surface area contributed by atoms with Crippen molar-refractivity contribution in [3.63, 3.8) is 0 Å². The molecule has 0 radical (unpaired) electrons. The number of carbonyl (C=O) groups excluding carboxylic acids is 1. The topological polar surface area (TPSA) is 98.3 Å². The molecule has 0 unspecified atom stereocenters. The first kappa shape index (κ1) is 12.0. The number of carbonyl (C=O) groups is 1. The number of anilines is 1. The Hall–Kier alpha value is -2.11. The van der Waals surface area contributed by atoms with Crippen molar-refractivity contribution in [2.75, 3.05) is 5.32 Å². The molecule has 86 valence electrons. The maximum absolute atomic E-state index is 10.9. The summed E-state index contributed by atoms with van der Waals surface area (Å²) in [6.07, 6.45) is 0. The number of nitrogens with two attached hydrogens (primary N) is 1. The van der Waals surface area contributed by atoms with E-state index in [9.17, 15) is 14.9 Å². The third-order valence-corrected chi connectivity index (χ3v) is 1.92. The second kappa shape index (κ2) is 4.61. The molecule has 6 nitrogen and oxygen atoms in total. The van der Waals surface area contributed by atoms with E-state index in [1.54, 1.807) is 0 Å². The minimum absolute atomic E-state index is 0.0677. The highest BCUT2D eigenvalue weighted by Gasteiger charge is 2.16. The van der Waals surface area contributed by atoms with Crippen LogP contribution in [0.3, 0.4) is 0 Å². The van der Waals surface area contributed by atoms with Crippen molar-refractivity contribution in [1.82, 2.24) is 0 Å². The van der Waals surface area contributed by atoms with Crippen LogP contribution in [0.25, 0.3) is 0 Å². The maximum Gasteiger partial charge on any atom is 0.293 e. The van der Waals surface area contributed by atoms with Crippen molar-refractivity contribution in [3.05, 3.63) is 33.9 Å². The van der Waals surface area contributed by atoms with Crippen molar-refractivity contribution in [2.45, 2.75) is 19.9 Å². The normalized spacial score (nSPS) is 10.2. The quantitative estimate of drug-likeness (QED) is 0.597. The molecule has 0 aliphatic carbocycles. The molecule has 1 amide bonds. The molecule has 1 aromatic rings. The molecule has 0 saturated heterocycles. The Balaban J connectivity index is 3.19. The maximum atomic E-state index is 10.9. The molecule has 3 N–H and O–H groups in total. The Kier molecular flexibility index (Phi) is 3.44. The van der Waals surface area contributed by atoms with E-state index in [0.717, 1.165) is 0 Å². The molecule has 0 aliphatic rings. The third kappa shape index (κ3) is 2.69. The highest BCUT2D eigenvalue weighted by molar-refractivity contribution is 5.94. The number of nitrogens with one attached hydrogen (secondary N) is 1. The van der Waals surface area contributed by atoms with E-state index in [1.807, 2.05) is 13.8 Å². The van der Waals surface area contributed by atoms with Crippen LogP contribution in [0, 0.1) is 10.1 Å². The summed E-state index contributed by atoms with van der Waals surface area (Å²) in [5.74, 6) is -0.681. The van der Waals surface area contributed by atoms with Gasteiger partial charge in [-0.1, -0.05) is 0 Å². The van der Waals surface area contributed by atoms with Gasteiger partial charge >= 0.3 is 0 Å². The Labute approximate surface area is 92.6 Å². The molecule has 0 bridgehead atoms. The second-order valence-electron chi connectivity index (χ2n) is 3.65. The van der Waals surface area contributed by atoms with Gasteiger partial charge in [-0.3, -0.25) is 14.9 Å². The van der Waals surface area contributed by atoms with Gasteiger partial charge in [0.05, 0.1) is 4.92 Å². The summed E-state index contributed by atoms with van der Waals surface area (Å²) in [6, 6.07) is 4.18. The first-order chi connectivity index (χ1) is 7.41. The zero-order valence-corrected chi connectivity index (χ0v) is 9.06. The number of primary amides is 1. The average molecular weight is 223 g/mol. The van der Waals surface area contributed by atoms with Crippen LogP contribution in [0.1, 0.15) is 24.2 Å². The van der Waals surface area contributed by atoms with Gasteiger partial charge in [-0.15, -0.1) is 0 Å². The molecule has 0 aromatic heterocycles. The Morgan fingerprint density at radius 3 is 2.56 bits per heavy atom. The third-order valence-electron chi connectivity index (χ3n) is 1.92. The van der Waals surface area contributed by atoms with Crippen molar-refractivity contribution in [3.8, 4) is 0 Å². The lowest BCUT2D eigenvalue weighted by Gasteiger charge is -2.10. The summed E-state index contributed by atoms with van der Waals surface area (Å²) in [6.45, 7) is 3.73. The van der Waals surface area contributed by atoms with Gasteiger partial charge in [-0.05, 0) is 26.0 Å². The monoisotopic (exact) mass is 223 g/mol. The summed E-state index contributed by atoms with van der Waals surface area (Å²) in [4.78, 5) is 21.1. The van der Waals surface area contributed by atoms with Crippen molar-refractivity contribution in [1.29, 1.82) is 0 Å². The minimum atomic E-state index is -0.681. The SMILES string of the molecule is CC(C)Nc1ccc(C(N)=O)cc1[N+](=O)[O-]. The number of hydrogen-bond donors (Lipinski definition) is 2. The standard InChI is InChI=1S/C10H13N3O3/c1-6(2)12-8-4-3-7(10(11)14)5-9(8)13(15)16/h3-6,12H,1-2H3,(H2,11,14). The van der Waals surface area contributed by atoms with Gasteiger partial charge in [0.2, 0.25) is 5.91 Å². The molecular weight excluding hydrogens is 210 g/mol. The Bertz CT molecular complexity index is 429. The molecule has 0 spiro atoms. The lowest BCUT2D eigenvalue weighted by molar-refractivity contribution is -0.384. The van der Waals surface area contributed by atoms with E-state index in [1.165, 1.54) is 18.2 Å². The van der Waals surface area contributed by atoms with Crippen LogP contribution in [0.4, 0.5) is 11.4 Å². The van der Waals surface area contributed by atoms with Gasteiger partial charge in [0.15, 0.2) is 0 Å². The fourth-order valence-corrected chi connectivity index (χ4v) is 1.27. The molecule has 0 heterocycles. The number of rotatable bonds is 4. The first-order valence-corrected chi connectivity index (χ1v) is 4.76. The molecule has 1 rings (SSSR count). The van der Waals surface area contributed by atoms with E-state index in [0.29, 0.717) is 5.69 Å². The Morgan fingerprint density at radius 1 is 1.50 bits per heavy atom. The van der Waals surface area contributed by atoms with Gasteiger partial charge in [0.25, 0.3) is 5.69 Å². The number of nitro benzene ring substituents is 1. The number of nitro groups is 1. The van der Waals surface area contributed by atoms with E-state index < -0.39 is 10.8 Å². The average Bonchev–Trinajstić information content (AvgIpc) is 2.16. The number of nitrogens with zero attached hydrogens (tertiary/aromatic N) is 1. The number of amides is 1. The summed E-state index contributed by atoms with van der Waals surface area (Å²) >= 11 is 0. The molecule has 0 saturated carbocycles.